The highest BCUT2D eigenvalue weighted by Gasteiger charge is 2.14. The minimum Gasteiger partial charge on any atom is -0.398 e. The van der Waals surface area contributed by atoms with Crippen LogP contribution in [0.1, 0.15) is 33.8 Å². The predicted molar refractivity (Wildman–Crippen MR) is 75.8 cm³/mol. The first-order valence-electron chi connectivity index (χ1n) is 5.79. The highest BCUT2D eigenvalue weighted by Crippen LogP contribution is 2.20. The van der Waals surface area contributed by atoms with E-state index in [1.165, 1.54) is 0 Å². The summed E-state index contributed by atoms with van der Waals surface area (Å²) in [5.41, 5.74) is 7.92. The molecule has 0 aliphatic heterocycles. The monoisotopic (exact) mass is 260 g/mol. The maximum absolute atomic E-state index is 12.2. The van der Waals surface area contributed by atoms with Gasteiger partial charge in [0.15, 0.2) is 0 Å². The Labute approximate surface area is 111 Å². The van der Waals surface area contributed by atoms with Crippen molar-refractivity contribution in [3.8, 4) is 0 Å². The molecule has 1 heterocycles. The van der Waals surface area contributed by atoms with Crippen LogP contribution in [-0.2, 0) is 0 Å². The number of nitrogens with two attached hydrogens (primary N) is 1. The summed E-state index contributed by atoms with van der Waals surface area (Å²) < 4.78 is 0. The number of amides is 1. The number of rotatable bonds is 3. The van der Waals surface area contributed by atoms with Gasteiger partial charge in [0, 0.05) is 16.1 Å². The van der Waals surface area contributed by atoms with Crippen molar-refractivity contribution in [2.24, 2.45) is 0 Å². The molecule has 3 N–H and O–H groups in total. The molecule has 2 rings (SSSR count). The third kappa shape index (κ3) is 2.54. The molecule has 0 spiro atoms. The van der Waals surface area contributed by atoms with Crippen LogP contribution in [0.3, 0.4) is 0 Å². The Morgan fingerprint density at radius 2 is 2.11 bits per heavy atom. The minimum absolute atomic E-state index is 0.0123. The molecule has 0 unspecified atom stereocenters. The smallest absolute Gasteiger partial charge is 0.252 e. The van der Waals surface area contributed by atoms with Gasteiger partial charge in [0.25, 0.3) is 5.91 Å². The Balaban J connectivity index is 2.15. The molecule has 0 saturated heterocycles. The predicted octanol–water partition coefficient (Wildman–Crippen LogP) is 3.13. The van der Waals surface area contributed by atoms with Gasteiger partial charge in [0.05, 0.1) is 6.04 Å². The number of thiophene rings is 1. The van der Waals surface area contributed by atoms with Crippen molar-refractivity contribution in [3.63, 3.8) is 0 Å². The van der Waals surface area contributed by atoms with Gasteiger partial charge in [-0.2, -0.15) is 0 Å². The van der Waals surface area contributed by atoms with Crippen LogP contribution in [0.4, 0.5) is 5.69 Å². The number of carbonyl (C=O) groups excluding carboxylic acids is 1. The third-order valence-electron chi connectivity index (χ3n) is 2.94. The van der Waals surface area contributed by atoms with Crippen LogP contribution in [0.15, 0.2) is 35.7 Å². The molecule has 0 fully saturated rings. The summed E-state index contributed by atoms with van der Waals surface area (Å²) in [6.07, 6.45) is 0. The van der Waals surface area contributed by atoms with Gasteiger partial charge in [-0.05, 0) is 43.0 Å². The van der Waals surface area contributed by atoms with Crippen molar-refractivity contribution < 1.29 is 4.79 Å². The maximum atomic E-state index is 12.2. The minimum atomic E-state index is -0.0827. The normalized spacial score (nSPS) is 12.1. The molecule has 1 aromatic heterocycles. The summed E-state index contributed by atoms with van der Waals surface area (Å²) in [5, 5.41) is 4.99. The van der Waals surface area contributed by atoms with Crippen LogP contribution >= 0.6 is 11.3 Å². The zero-order valence-electron chi connectivity index (χ0n) is 10.4. The van der Waals surface area contributed by atoms with Crippen LogP contribution in [0.2, 0.25) is 0 Å². The van der Waals surface area contributed by atoms with Gasteiger partial charge in [-0.3, -0.25) is 4.79 Å². The van der Waals surface area contributed by atoms with E-state index in [0.29, 0.717) is 11.3 Å². The van der Waals surface area contributed by atoms with Crippen LogP contribution in [-0.4, -0.2) is 5.91 Å². The molecule has 1 aromatic carbocycles. The molecular formula is C14H16N2OS. The second-order valence-corrected chi connectivity index (χ2v) is 5.21. The van der Waals surface area contributed by atoms with Crippen molar-refractivity contribution in [2.75, 3.05) is 5.73 Å². The number of carbonyl (C=O) groups is 1. The van der Waals surface area contributed by atoms with Crippen molar-refractivity contribution in [2.45, 2.75) is 19.9 Å². The molecule has 0 radical (unpaired) electrons. The first-order chi connectivity index (χ1) is 8.59. The summed E-state index contributed by atoms with van der Waals surface area (Å²) in [6.45, 7) is 3.84. The number of nitrogen functional groups attached to an aromatic ring is 1. The van der Waals surface area contributed by atoms with E-state index >= 15 is 0 Å². The fourth-order valence-corrected chi connectivity index (χ4v) is 2.52. The third-order valence-corrected chi connectivity index (χ3v) is 3.99. The van der Waals surface area contributed by atoms with Crippen LogP contribution < -0.4 is 11.1 Å². The van der Waals surface area contributed by atoms with Gasteiger partial charge >= 0.3 is 0 Å². The van der Waals surface area contributed by atoms with Crippen LogP contribution in [0.25, 0.3) is 0 Å². The van der Waals surface area contributed by atoms with Gasteiger partial charge < -0.3 is 11.1 Å². The second-order valence-electron chi connectivity index (χ2n) is 4.23. The summed E-state index contributed by atoms with van der Waals surface area (Å²) in [7, 11) is 0. The first kappa shape index (κ1) is 12.6. The number of nitrogens with one attached hydrogen (secondary N) is 1. The fourth-order valence-electron chi connectivity index (χ4n) is 1.78. The Morgan fingerprint density at radius 1 is 1.33 bits per heavy atom. The highest BCUT2D eigenvalue weighted by molar-refractivity contribution is 7.10. The van der Waals surface area contributed by atoms with E-state index in [1.807, 2.05) is 31.4 Å². The number of benzene rings is 1. The fraction of sp³-hybridized carbons (Fsp3) is 0.214. The summed E-state index contributed by atoms with van der Waals surface area (Å²) in [5.74, 6) is -0.0827. The summed E-state index contributed by atoms with van der Waals surface area (Å²) in [4.78, 5) is 13.3. The SMILES string of the molecule is Cc1c(N)cccc1C(=O)N[C@@H](C)c1cccs1. The van der Waals surface area contributed by atoms with Crippen LogP contribution in [0.5, 0.6) is 0 Å². The van der Waals surface area contributed by atoms with Crippen molar-refractivity contribution in [1.82, 2.24) is 5.32 Å². The summed E-state index contributed by atoms with van der Waals surface area (Å²) >= 11 is 1.64. The average molecular weight is 260 g/mol. The maximum Gasteiger partial charge on any atom is 0.252 e. The summed E-state index contributed by atoms with van der Waals surface area (Å²) in [6, 6.07) is 9.40. The van der Waals surface area contributed by atoms with Gasteiger partial charge in [0.2, 0.25) is 0 Å². The lowest BCUT2D eigenvalue weighted by molar-refractivity contribution is 0.0940. The molecule has 18 heavy (non-hydrogen) atoms. The van der Waals surface area contributed by atoms with E-state index in [-0.39, 0.29) is 11.9 Å². The van der Waals surface area contributed by atoms with E-state index in [0.717, 1.165) is 10.4 Å². The second kappa shape index (κ2) is 5.23. The van der Waals surface area contributed by atoms with E-state index in [1.54, 1.807) is 29.5 Å². The van der Waals surface area contributed by atoms with E-state index in [2.05, 4.69) is 5.32 Å². The number of anilines is 1. The highest BCUT2D eigenvalue weighted by atomic mass is 32.1. The van der Waals surface area contributed by atoms with E-state index in [4.69, 9.17) is 5.73 Å². The van der Waals surface area contributed by atoms with E-state index < -0.39 is 0 Å². The topological polar surface area (TPSA) is 55.1 Å². The number of hydrogen-bond donors (Lipinski definition) is 2. The molecule has 94 valence electrons. The molecule has 4 heteroatoms. The quantitative estimate of drug-likeness (QED) is 0.833. The first-order valence-corrected chi connectivity index (χ1v) is 6.67. The molecule has 1 atom stereocenters. The van der Waals surface area contributed by atoms with E-state index in [9.17, 15) is 4.79 Å². The van der Waals surface area contributed by atoms with Gasteiger partial charge in [-0.15, -0.1) is 11.3 Å². The Morgan fingerprint density at radius 3 is 2.78 bits per heavy atom. The van der Waals surface area contributed by atoms with Crippen molar-refractivity contribution in [1.29, 1.82) is 0 Å². The lowest BCUT2D eigenvalue weighted by Crippen LogP contribution is -2.26. The number of hydrogen-bond acceptors (Lipinski definition) is 3. The standard InChI is InChI=1S/C14H16N2OS/c1-9-11(5-3-6-12(9)15)14(17)16-10(2)13-7-4-8-18-13/h3-8,10H,15H2,1-2H3,(H,16,17)/t10-/m0/s1. The Kier molecular flexibility index (Phi) is 3.67. The van der Waals surface area contributed by atoms with Gasteiger partial charge in [0.1, 0.15) is 0 Å². The average Bonchev–Trinajstić information content (AvgIpc) is 2.86. The van der Waals surface area contributed by atoms with Gasteiger partial charge in [-0.1, -0.05) is 12.1 Å². The Hall–Kier alpha value is -1.81. The van der Waals surface area contributed by atoms with Gasteiger partial charge in [-0.25, -0.2) is 0 Å². The Bertz CT molecular complexity index is 549. The molecule has 1 amide bonds. The molecule has 0 aliphatic carbocycles. The zero-order chi connectivity index (χ0) is 13.1. The molecule has 3 nitrogen and oxygen atoms in total. The lowest BCUT2D eigenvalue weighted by Gasteiger charge is -2.14. The zero-order valence-corrected chi connectivity index (χ0v) is 11.3. The molecule has 2 aromatic rings. The molecule has 0 saturated carbocycles. The lowest BCUT2D eigenvalue weighted by atomic mass is 10.1. The largest absolute Gasteiger partial charge is 0.398 e. The van der Waals surface area contributed by atoms with Crippen LogP contribution in [0, 0.1) is 6.92 Å². The van der Waals surface area contributed by atoms with Crippen molar-refractivity contribution >= 4 is 22.9 Å². The molecule has 0 aliphatic rings. The molecular weight excluding hydrogens is 244 g/mol. The molecule has 0 bridgehead atoms. The van der Waals surface area contributed by atoms with Crippen molar-refractivity contribution in [3.05, 3.63) is 51.7 Å².